The van der Waals surface area contributed by atoms with Crippen LogP contribution in [-0.4, -0.2) is 57.5 Å². The number of amides is 1. The summed E-state index contributed by atoms with van der Waals surface area (Å²) in [6.45, 7) is 12.6. The van der Waals surface area contributed by atoms with Gasteiger partial charge in [-0.1, -0.05) is 25.0 Å². The number of carbonyl (C=O) groups is 1. The zero-order valence-electron chi connectivity index (χ0n) is 19.3. The third kappa shape index (κ3) is 4.82. The smallest absolute Gasteiger partial charge is 0.222 e. The predicted molar refractivity (Wildman–Crippen MR) is 121 cm³/mol. The van der Waals surface area contributed by atoms with Crippen molar-refractivity contribution in [3.05, 3.63) is 29.9 Å². The number of piperidine rings is 2. The first kappa shape index (κ1) is 21.6. The number of fused-ring (bicyclic) bond motifs is 1. The van der Waals surface area contributed by atoms with E-state index < -0.39 is 0 Å². The Kier molecular flexibility index (Phi) is 6.66. The fraction of sp³-hybridized carbons (Fsp3) is 0.760. The van der Waals surface area contributed by atoms with Crippen LogP contribution in [0.3, 0.4) is 0 Å². The first-order chi connectivity index (χ1) is 14.4. The highest BCUT2D eigenvalue weighted by molar-refractivity contribution is 5.77. The second kappa shape index (κ2) is 9.25. The molecular weight excluding hydrogens is 372 g/mol. The van der Waals surface area contributed by atoms with Crippen LogP contribution < -0.4 is 0 Å². The molecule has 5 heteroatoms. The molecule has 3 heterocycles. The lowest BCUT2D eigenvalue weighted by molar-refractivity contribution is -0.141. The summed E-state index contributed by atoms with van der Waals surface area (Å²) < 4.78 is 2.11. The van der Waals surface area contributed by atoms with Gasteiger partial charge in [-0.25, -0.2) is 4.98 Å². The Balaban J connectivity index is 1.30. The lowest BCUT2D eigenvalue weighted by Gasteiger charge is -2.47. The van der Waals surface area contributed by atoms with E-state index in [-0.39, 0.29) is 0 Å². The maximum Gasteiger partial charge on any atom is 0.222 e. The van der Waals surface area contributed by atoms with E-state index in [1.54, 1.807) is 11.1 Å². The molecule has 3 aliphatic rings. The summed E-state index contributed by atoms with van der Waals surface area (Å²) >= 11 is 0. The summed E-state index contributed by atoms with van der Waals surface area (Å²) in [5.74, 6) is 1.03. The molecule has 1 aromatic rings. The minimum absolute atomic E-state index is 0.375. The molecule has 1 aliphatic carbocycles. The van der Waals surface area contributed by atoms with E-state index in [1.165, 1.54) is 38.8 Å². The molecule has 2 fully saturated rings. The first-order valence-corrected chi connectivity index (χ1v) is 12.1. The summed E-state index contributed by atoms with van der Waals surface area (Å²) in [6.07, 6.45) is 14.9. The van der Waals surface area contributed by atoms with Gasteiger partial charge in [0.25, 0.3) is 0 Å². The molecule has 166 valence electrons. The Labute approximate surface area is 182 Å². The van der Waals surface area contributed by atoms with Crippen molar-refractivity contribution < 1.29 is 4.79 Å². The van der Waals surface area contributed by atoms with Gasteiger partial charge in [-0.2, -0.15) is 0 Å². The van der Waals surface area contributed by atoms with Crippen LogP contribution >= 0.6 is 0 Å². The van der Waals surface area contributed by atoms with Gasteiger partial charge in [0.15, 0.2) is 0 Å². The number of aromatic nitrogens is 2. The Morgan fingerprint density at radius 1 is 1.17 bits per heavy atom. The minimum Gasteiger partial charge on any atom is -0.339 e. The van der Waals surface area contributed by atoms with E-state index in [9.17, 15) is 4.79 Å². The molecule has 4 rings (SSSR count). The third-order valence-corrected chi connectivity index (χ3v) is 7.97. The highest BCUT2D eigenvalue weighted by Crippen LogP contribution is 2.42. The second-order valence-corrected chi connectivity index (χ2v) is 10.4. The normalized spacial score (nSPS) is 27.4. The van der Waals surface area contributed by atoms with Crippen LogP contribution in [0.1, 0.15) is 72.1 Å². The Morgan fingerprint density at radius 3 is 2.80 bits per heavy atom. The van der Waals surface area contributed by atoms with E-state index in [0.29, 0.717) is 23.3 Å². The van der Waals surface area contributed by atoms with Gasteiger partial charge < -0.3 is 14.4 Å². The van der Waals surface area contributed by atoms with Crippen molar-refractivity contribution in [3.8, 4) is 0 Å². The Morgan fingerprint density at radius 2 is 2.03 bits per heavy atom. The summed E-state index contributed by atoms with van der Waals surface area (Å²) in [5, 5.41) is 0. The van der Waals surface area contributed by atoms with Crippen LogP contribution in [0.25, 0.3) is 0 Å². The summed E-state index contributed by atoms with van der Waals surface area (Å²) in [6, 6.07) is 0.456. The number of aryl methyl sites for hydroxylation is 1. The second-order valence-electron chi connectivity index (χ2n) is 10.4. The molecule has 0 bridgehead atoms. The molecule has 2 atom stereocenters. The maximum absolute atomic E-state index is 12.6. The van der Waals surface area contributed by atoms with Gasteiger partial charge in [0.1, 0.15) is 0 Å². The van der Waals surface area contributed by atoms with Crippen LogP contribution in [0.15, 0.2) is 29.9 Å². The molecule has 1 aromatic heterocycles. The zero-order valence-corrected chi connectivity index (χ0v) is 19.3. The van der Waals surface area contributed by atoms with E-state index >= 15 is 0 Å². The highest BCUT2D eigenvalue weighted by Gasteiger charge is 2.39. The van der Waals surface area contributed by atoms with E-state index in [0.717, 1.165) is 45.3 Å². The van der Waals surface area contributed by atoms with Crippen molar-refractivity contribution in [2.45, 2.75) is 84.7 Å². The molecular formula is C25H40N4O. The van der Waals surface area contributed by atoms with Gasteiger partial charge in [-0.3, -0.25) is 4.79 Å². The predicted octanol–water partition coefficient (Wildman–Crippen LogP) is 4.50. The average Bonchev–Trinajstić information content (AvgIpc) is 3.22. The van der Waals surface area contributed by atoms with Crippen LogP contribution in [0.5, 0.6) is 0 Å². The maximum atomic E-state index is 12.6. The third-order valence-electron chi connectivity index (χ3n) is 7.97. The lowest BCUT2D eigenvalue weighted by atomic mass is 9.71. The van der Waals surface area contributed by atoms with Gasteiger partial charge in [-0.05, 0) is 63.2 Å². The van der Waals surface area contributed by atoms with Crippen molar-refractivity contribution in [1.29, 1.82) is 0 Å². The van der Waals surface area contributed by atoms with Crippen LogP contribution in [0, 0.1) is 11.3 Å². The topological polar surface area (TPSA) is 41.4 Å². The van der Waals surface area contributed by atoms with Crippen LogP contribution in [0.2, 0.25) is 0 Å². The Hall–Kier alpha value is -1.62. The molecule has 2 aliphatic heterocycles. The summed E-state index contributed by atoms with van der Waals surface area (Å²) in [5.41, 5.74) is 3.74. The number of likely N-dealkylation sites (tertiary alicyclic amines) is 2. The van der Waals surface area contributed by atoms with E-state index in [1.807, 2.05) is 18.7 Å². The van der Waals surface area contributed by atoms with Crippen molar-refractivity contribution in [2.75, 3.05) is 26.2 Å². The standard InChI is InChI=1S/C25H40N4O/c1-20-6-4-11-25(2,3)22(20)9-15-27-16-10-23-21(18-27)7-8-24(30)29(23)14-5-13-28-17-12-26-19-28/h12,17,19,21,23H,4-11,13-16,18H2,1-3H3/t21-,23+/m1/s1. The van der Waals surface area contributed by atoms with E-state index in [4.69, 9.17) is 0 Å². The molecule has 0 saturated carbocycles. The number of imidazole rings is 1. The molecule has 0 unspecified atom stereocenters. The number of rotatable bonds is 7. The van der Waals surface area contributed by atoms with Crippen molar-refractivity contribution in [2.24, 2.45) is 11.3 Å². The molecule has 0 spiro atoms. The monoisotopic (exact) mass is 412 g/mol. The fourth-order valence-corrected chi connectivity index (χ4v) is 6.26. The molecule has 0 N–H and O–H groups in total. The fourth-order valence-electron chi connectivity index (χ4n) is 6.26. The quantitative estimate of drug-likeness (QED) is 0.619. The lowest BCUT2D eigenvalue weighted by Crippen LogP contribution is -2.56. The van der Waals surface area contributed by atoms with Crippen molar-refractivity contribution in [1.82, 2.24) is 19.4 Å². The summed E-state index contributed by atoms with van der Waals surface area (Å²) in [4.78, 5) is 21.7. The number of hydrogen-bond donors (Lipinski definition) is 0. The highest BCUT2D eigenvalue weighted by atomic mass is 16.2. The van der Waals surface area contributed by atoms with Gasteiger partial charge in [0, 0.05) is 57.6 Å². The van der Waals surface area contributed by atoms with E-state index in [2.05, 4.69) is 40.1 Å². The van der Waals surface area contributed by atoms with Crippen LogP contribution in [0.4, 0.5) is 0 Å². The number of hydrogen-bond acceptors (Lipinski definition) is 3. The molecule has 30 heavy (non-hydrogen) atoms. The summed E-state index contributed by atoms with van der Waals surface area (Å²) in [7, 11) is 0. The number of nitrogens with zero attached hydrogens (tertiary/aromatic N) is 4. The average molecular weight is 413 g/mol. The Bertz CT molecular complexity index is 751. The van der Waals surface area contributed by atoms with Gasteiger partial charge in [-0.15, -0.1) is 0 Å². The van der Waals surface area contributed by atoms with Gasteiger partial charge >= 0.3 is 0 Å². The molecule has 5 nitrogen and oxygen atoms in total. The first-order valence-electron chi connectivity index (χ1n) is 12.1. The van der Waals surface area contributed by atoms with Crippen molar-refractivity contribution in [3.63, 3.8) is 0 Å². The van der Waals surface area contributed by atoms with Crippen LogP contribution in [-0.2, 0) is 11.3 Å². The largest absolute Gasteiger partial charge is 0.339 e. The van der Waals surface area contributed by atoms with Gasteiger partial charge in [0.05, 0.1) is 6.33 Å². The van der Waals surface area contributed by atoms with Crippen molar-refractivity contribution >= 4 is 5.91 Å². The zero-order chi connectivity index (χ0) is 21.1. The molecule has 1 amide bonds. The molecule has 0 radical (unpaired) electrons. The number of allylic oxidation sites excluding steroid dienone is 1. The van der Waals surface area contributed by atoms with Gasteiger partial charge in [0.2, 0.25) is 5.91 Å². The minimum atomic E-state index is 0.375. The number of carbonyl (C=O) groups excluding carboxylic acids is 1. The molecule has 0 aromatic carbocycles. The molecule has 2 saturated heterocycles. The SMILES string of the molecule is CC1=C(CCN2CC[C@H]3[C@H](CCC(=O)N3CCCn3ccnc3)C2)C(C)(C)CCC1.